The molecule has 1 aliphatic heterocycles. The zero-order valence-electron chi connectivity index (χ0n) is 60.5. The fourth-order valence-electron chi connectivity index (χ4n) is 10.1. The standard InChI is InChI=1S/C62H106N18O26/c1-11-25(4)43(75-52(95)34(15-18-40(65)89)69-48(91)26(5)68-57(100)44(28(7)84)76-50(93)32(63)21-81)56(99)72-36(22-82)53(96)70-33(14-17-39(64)88)51(94)67-27(6)49(92)74-42(24(2)3)55(98)77-46(30(9)86)59(102)79-47(31(10)87)60(103)78-45(29(8)85)58(101)71-35(16-19-41(66)90)61(104)80-20-12-13-38(80)54(97)73-37(23-83)62(105)106/h24-38,42-47,81-87H,11-23,63H2,1-10H3,(H2,64,88)(H2,65,89)(H2,66,90)(H,67,94)(H,68,100)(H,69,91)(H,70,96)(H,71,101)(H,72,99)(H,73,97)(H,74,92)(H,75,95)(H,76,93)(H,77,98)(H,78,103)(H,79,102)(H,105,106)/t25-,26-,27-,28+,29+,30+,31+,32-,33-,34-,35-,36-,37-,38-,42-,43-,44-,45-,46-,47-/m0/s1. The summed E-state index contributed by atoms with van der Waals surface area (Å²) >= 11 is 0. The van der Waals surface area contributed by atoms with E-state index in [9.17, 15) is 127 Å². The van der Waals surface area contributed by atoms with Crippen molar-refractivity contribution in [2.45, 2.75) is 242 Å². The molecule has 1 heterocycles. The summed E-state index contributed by atoms with van der Waals surface area (Å²) in [5.74, 6) is -22.2. The Bertz CT molecular complexity index is 3120. The molecule has 0 bridgehead atoms. The fourth-order valence-corrected chi connectivity index (χ4v) is 10.1. The number of rotatable bonds is 47. The van der Waals surface area contributed by atoms with Gasteiger partial charge in [0.15, 0.2) is 0 Å². The van der Waals surface area contributed by atoms with E-state index in [0.29, 0.717) is 0 Å². The van der Waals surface area contributed by atoms with E-state index >= 15 is 0 Å². The Labute approximate surface area is 609 Å². The van der Waals surface area contributed by atoms with Crippen molar-refractivity contribution >= 4 is 106 Å². The Balaban J connectivity index is 3.37. The number of nitrogens with two attached hydrogens (primary N) is 4. The van der Waals surface area contributed by atoms with E-state index in [0.717, 1.165) is 46.4 Å². The van der Waals surface area contributed by atoms with Crippen molar-refractivity contribution in [1.82, 2.24) is 74.0 Å². The second-order valence-corrected chi connectivity index (χ2v) is 26.0. The number of aliphatic carboxylic acids is 1. The minimum absolute atomic E-state index is 0.0133. The highest BCUT2D eigenvalue weighted by Gasteiger charge is 2.43. The van der Waals surface area contributed by atoms with E-state index in [1.807, 2.05) is 0 Å². The van der Waals surface area contributed by atoms with Crippen molar-refractivity contribution in [2.75, 3.05) is 26.4 Å². The monoisotopic (exact) mass is 1520 g/mol. The Morgan fingerprint density at radius 1 is 0.387 bits per heavy atom. The van der Waals surface area contributed by atoms with Crippen molar-refractivity contribution in [3.8, 4) is 0 Å². The first-order valence-electron chi connectivity index (χ1n) is 33.9. The van der Waals surface area contributed by atoms with Crippen LogP contribution in [0.2, 0.25) is 0 Å². The van der Waals surface area contributed by atoms with Gasteiger partial charge in [0.25, 0.3) is 0 Å². The maximum atomic E-state index is 14.0. The molecule has 0 aromatic heterocycles. The molecule has 0 saturated carbocycles. The molecule has 600 valence electrons. The van der Waals surface area contributed by atoms with Gasteiger partial charge in [0.05, 0.1) is 44.2 Å². The molecule has 1 saturated heterocycles. The van der Waals surface area contributed by atoms with Crippen LogP contribution in [0.15, 0.2) is 0 Å². The minimum atomic E-state index is -2.06. The number of hydrogen-bond acceptors (Lipinski definition) is 26. The number of hydrogen-bond donors (Lipinski definition) is 25. The Kier molecular flexibility index (Phi) is 40.4. The number of carbonyl (C=O) groups is 18. The van der Waals surface area contributed by atoms with E-state index < -0.39 is 292 Å². The van der Waals surface area contributed by atoms with Crippen molar-refractivity contribution in [3.05, 3.63) is 0 Å². The molecule has 17 amide bonds. The lowest BCUT2D eigenvalue weighted by Crippen LogP contribution is -2.64. The second-order valence-electron chi connectivity index (χ2n) is 26.0. The van der Waals surface area contributed by atoms with E-state index in [1.54, 1.807) is 6.92 Å². The van der Waals surface area contributed by atoms with Gasteiger partial charge in [-0.2, -0.15) is 0 Å². The molecule has 0 unspecified atom stereocenters. The number of nitrogens with one attached hydrogen (secondary N) is 13. The van der Waals surface area contributed by atoms with Crippen molar-refractivity contribution in [3.63, 3.8) is 0 Å². The fraction of sp³-hybridized carbons (Fsp3) is 0.710. The average Bonchev–Trinajstić information content (AvgIpc) is 1.50. The van der Waals surface area contributed by atoms with Gasteiger partial charge in [-0.05, 0) is 85.5 Å². The van der Waals surface area contributed by atoms with E-state index in [-0.39, 0.29) is 25.8 Å². The van der Waals surface area contributed by atoms with Gasteiger partial charge in [-0.1, -0.05) is 34.1 Å². The average molecular weight is 1520 g/mol. The Morgan fingerprint density at radius 2 is 0.708 bits per heavy atom. The first-order chi connectivity index (χ1) is 49.3. The van der Waals surface area contributed by atoms with Crippen LogP contribution in [-0.4, -0.2) is 294 Å². The molecule has 106 heavy (non-hydrogen) atoms. The molecule has 0 radical (unpaired) electrons. The van der Waals surface area contributed by atoms with Crippen LogP contribution >= 0.6 is 0 Å². The number of nitrogens with zero attached hydrogens (tertiary/aromatic N) is 1. The first kappa shape index (κ1) is 94.2. The quantitative estimate of drug-likeness (QED) is 0.0269. The zero-order chi connectivity index (χ0) is 81.5. The number of likely N-dealkylation sites (tertiary alicyclic amines) is 1. The van der Waals surface area contributed by atoms with Crippen LogP contribution in [0.3, 0.4) is 0 Å². The van der Waals surface area contributed by atoms with Crippen molar-refractivity contribution in [2.24, 2.45) is 34.8 Å². The third kappa shape index (κ3) is 30.7. The van der Waals surface area contributed by atoms with Crippen LogP contribution in [0.5, 0.6) is 0 Å². The van der Waals surface area contributed by atoms with Gasteiger partial charge in [-0.15, -0.1) is 0 Å². The van der Waals surface area contributed by atoms with E-state index in [4.69, 9.17) is 22.9 Å². The maximum absolute atomic E-state index is 14.0. The molecule has 29 N–H and O–H groups in total. The first-order valence-corrected chi connectivity index (χ1v) is 33.9. The van der Waals surface area contributed by atoms with Gasteiger partial charge in [-0.3, -0.25) is 81.5 Å². The zero-order valence-corrected chi connectivity index (χ0v) is 60.5. The number of aliphatic hydroxyl groups excluding tert-OH is 7. The summed E-state index contributed by atoms with van der Waals surface area (Å²) < 4.78 is 0. The Morgan fingerprint density at radius 3 is 1.10 bits per heavy atom. The molecular formula is C62H106N18O26. The molecule has 20 atom stereocenters. The topological polar surface area (TPSA) is 733 Å². The highest BCUT2D eigenvalue weighted by atomic mass is 16.4. The molecule has 1 aliphatic rings. The highest BCUT2D eigenvalue weighted by Crippen LogP contribution is 2.21. The summed E-state index contributed by atoms with van der Waals surface area (Å²) in [5.41, 5.74) is 21.5. The van der Waals surface area contributed by atoms with E-state index in [1.165, 1.54) is 20.8 Å². The predicted molar refractivity (Wildman–Crippen MR) is 364 cm³/mol. The molecule has 0 aliphatic carbocycles. The Hall–Kier alpha value is -9.86. The smallest absolute Gasteiger partial charge is 0.328 e. The summed E-state index contributed by atoms with van der Waals surface area (Å²) in [6.45, 7) is 9.29. The lowest BCUT2D eigenvalue weighted by molar-refractivity contribution is -0.146. The molecular weight excluding hydrogens is 1410 g/mol. The number of carboxylic acid groups (broad SMARTS) is 1. The molecule has 0 spiro atoms. The van der Waals surface area contributed by atoms with E-state index in [2.05, 4.69) is 69.1 Å². The van der Waals surface area contributed by atoms with Crippen LogP contribution in [-0.2, 0) is 86.3 Å². The largest absolute Gasteiger partial charge is 0.480 e. The molecule has 44 nitrogen and oxygen atoms in total. The highest BCUT2D eigenvalue weighted by molar-refractivity contribution is 6.01. The number of carbonyl (C=O) groups excluding carboxylic acids is 17. The number of aliphatic hydroxyl groups is 7. The normalized spacial score (nSPS) is 18.1. The third-order valence-electron chi connectivity index (χ3n) is 16.7. The SMILES string of the molecule is CC[C@H](C)[C@H](NC(=O)[C@H](CCC(N)=O)NC(=O)[C@H](C)NC(=O)[C@@H](NC(=O)[C@@H](N)CO)[C@@H](C)O)C(=O)N[C@@H](CO)C(=O)N[C@@H](CCC(N)=O)C(=O)N[C@@H](C)C(=O)N[C@H](C(=O)N[C@H](C(=O)N[C@H](C(=O)N[C@H](C(=O)N[C@@H](CCC(N)=O)C(=O)N1CCC[C@H]1C(=O)N[C@@H](CO)C(=O)O)[C@@H](C)O)[C@@H](C)O)[C@@H](C)O)C(C)C. The van der Waals surface area contributed by atoms with Crippen LogP contribution < -0.4 is 92.1 Å². The molecule has 1 fully saturated rings. The molecule has 1 rings (SSSR count). The predicted octanol–water partition coefficient (Wildman–Crippen LogP) is -13.3. The molecule has 0 aromatic carbocycles. The lowest BCUT2D eigenvalue weighted by atomic mass is 9.97. The third-order valence-corrected chi connectivity index (χ3v) is 16.7. The minimum Gasteiger partial charge on any atom is -0.480 e. The maximum Gasteiger partial charge on any atom is 0.328 e. The lowest BCUT2D eigenvalue weighted by Gasteiger charge is -2.31. The summed E-state index contributed by atoms with van der Waals surface area (Å²) in [4.78, 5) is 239. The van der Waals surface area contributed by atoms with Crippen LogP contribution in [0, 0.1) is 11.8 Å². The summed E-state index contributed by atoms with van der Waals surface area (Å²) in [6, 6.07) is -25.7. The van der Waals surface area contributed by atoms with Gasteiger partial charge >= 0.3 is 5.97 Å². The van der Waals surface area contributed by atoms with Crippen LogP contribution in [0.25, 0.3) is 0 Å². The summed E-state index contributed by atoms with van der Waals surface area (Å²) in [5, 5.41) is 110. The number of carboxylic acids is 1. The molecule has 0 aromatic rings. The number of amides is 17. The van der Waals surface area contributed by atoms with Crippen LogP contribution in [0.1, 0.15) is 127 Å². The van der Waals surface area contributed by atoms with Gasteiger partial charge in [0, 0.05) is 25.8 Å². The van der Waals surface area contributed by atoms with Gasteiger partial charge in [-0.25, -0.2) is 4.79 Å². The van der Waals surface area contributed by atoms with Crippen molar-refractivity contribution < 1.29 is 127 Å². The summed E-state index contributed by atoms with van der Waals surface area (Å²) in [7, 11) is 0. The van der Waals surface area contributed by atoms with Gasteiger partial charge in [0.1, 0.15) is 90.6 Å². The molecule has 44 heteroatoms. The van der Waals surface area contributed by atoms with Crippen LogP contribution in [0.4, 0.5) is 0 Å². The number of primary amides is 3. The second kappa shape index (κ2) is 45.5. The van der Waals surface area contributed by atoms with Crippen molar-refractivity contribution in [1.29, 1.82) is 0 Å². The summed E-state index contributed by atoms with van der Waals surface area (Å²) in [6.07, 6.45) is -9.82. The van der Waals surface area contributed by atoms with Gasteiger partial charge < -0.3 is 138 Å². The van der Waals surface area contributed by atoms with Gasteiger partial charge in [0.2, 0.25) is 100 Å².